The summed E-state index contributed by atoms with van der Waals surface area (Å²) in [7, 11) is 2.51. The third-order valence-electron chi connectivity index (χ3n) is 7.86. The first-order valence-electron chi connectivity index (χ1n) is 15.5. The first-order valence-corrected chi connectivity index (χ1v) is 15.5. The van der Waals surface area contributed by atoms with Gasteiger partial charge >= 0.3 is 11.9 Å². The number of carboxylic acids is 1. The van der Waals surface area contributed by atoms with E-state index >= 15 is 0 Å². The van der Waals surface area contributed by atoms with E-state index in [0.717, 1.165) is 23.6 Å². The molecular weight excluding hydrogens is 646 g/mol. The van der Waals surface area contributed by atoms with Gasteiger partial charge in [0.25, 0.3) is 0 Å². The number of carbonyl (C=O) groups is 2. The molecule has 0 unspecified atom stereocenters. The molecule has 1 aliphatic heterocycles. The van der Waals surface area contributed by atoms with Crippen molar-refractivity contribution in [3.63, 3.8) is 0 Å². The fourth-order valence-corrected chi connectivity index (χ4v) is 5.18. The number of aliphatic hydroxyl groups excluding tert-OH is 3. The third kappa shape index (κ3) is 8.37. The molecule has 15 heteroatoms. The van der Waals surface area contributed by atoms with Crippen LogP contribution in [0.1, 0.15) is 45.7 Å². The second kappa shape index (κ2) is 16.4. The third-order valence-corrected chi connectivity index (χ3v) is 7.86. The highest BCUT2D eigenvalue weighted by Crippen LogP contribution is 2.46. The van der Waals surface area contributed by atoms with Gasteiger partial charge in [0.15, 0.2) is 23.0 Å². The average molecular weight is 688 g/mol. The predicted octanol–water partition coefficient (Wildman–Crippen LogP) is 2.47. The molecule has 266 valence electrons. The number of carboxylic acid groups (broad SMARTS) is 1. The lowest BCUT2D eigenvalue weighted by Crippen LogP contribution is -2.60. The Bertz CT molecular complexity index is 1630. The van der Waals surface area contributed by atoms with Crippen LogP contribution in [0.2, 0.25) is 0 Å². The molecular formula is C34H41NO14. The van der Waals surface area contributed by atoms with Crippen LogP contribution in [-0.2, 0) is 22.3 Å². The molecule has 1 aliphatic rings. The summed E-state index contributed by atoms with van der Waals surface area (Å²) >= 11 is 0. The van der Waals surface area contributed by atoms with Crippen molar-refractivity contribution in [3.8, 4) is 34.5 Å². The maximum Gasteiger partial charge on any atom is 0.342 e. The Morgan fingerprint density at radius 3 is 2.20 bits per heavy atom. The molecule has 15 nitrogen and oxygen atoms in total. The summed E-state index contributed by atoms with van der Waals surface area (Å²) < 4.78 is 32.8. The SMILES string of the molecule is CCNc1cc(O[C@@H]2O[C@H](COC(=O)c3cc(OC)c(O)c(OCCc4cccc(CC)c4)c3O)[C@@H](O)[C@H](O)[C@H]2O)c(OC)cc1C(=O)O. The van der Waals surface area contributed by atoms with E-state index in [1.807, 2.05) is 31.2 Å². The smallest absolute Gasteiger partial charge is 0.342 e. The molecule has 4 rings (SSSR count). The number of aromatic hydroxyl groups is 2. The summed E-state index contributed by atoms with van der Waals surface area (Å²) in [6, 6.07) is 11.4. The lowest BCUT2D eigenvalue weighted by molar-refractivity contribution is -0.277. The van der Waals surface area contributed by atoms with Gasteiger partial charge < -0.3 is 64.4 Å². The Morgan fingerprint density at radius 1 is 0.857 bits per heavy atom. The molecule has 0 spiro atoms. The lowest BCUT2D eigenvalue weighted by Gasteiger charge is -2.40. The summed E-state index contributed by atoms with van der Waals surface area (Å²) in [5.74, 6) is -4.28. The highest BCUT2D eigenvalue weighted by Gasteiger charge is 2.46. The summed E-state index contributed by atoms with van der Waals surface area (Å²) in [4.78, 5) is 24.9. The fraction of sp³-hybridized carbons (Fsp3) is 0.412. The molecule has 1 saturated heterocycles. The normalized spacial score (nSPS) is 20.3. The second-order valence-corrected chi connectivity index (χ2v) is 11.0. The highest BCUT2D eigenvalue weighted by molar-refractivity contribution is 5.96. The molecule has 0 aromatic heterocycles. The van der Waals surface area contributed by atoms with Gasteiger partial charge in [0.2, 0.25) is 17.8 Å². The number of anilines is 1. The van der Waals surface area contributed by atoms with Crippen LogP contribution in [0.15, 0.2) is 42.5 Å². The van der Waals surface area contributed by atoms with E-state index in [9.17, 15) is 40.2 Å². The highest BCUT2D eigenvalue weighted by atomic mass is 16.7. The number of carbonyl (C=O) groups excluding carboxylic acids is 1. The Kier molecular flexibility index (Phi) is 12.4. The molecule has 0 bridgehead atoms. The Balaban J connectivity index is 1.49. The minimum absolute atomic E-state index is 0.0253. The first kappa shape index (κ1) is 36.9. The van der Waals surface area contributed by atoms with Gasteiger partial charge in [0, 0.05) is 31.2 Å². The Hall–Kier alpha value is -4.96. The Labute approximate surface area is 282 Å². The molecule has 5 atom stereocenters. The maximum absolute atomic E-state index is 13.2. The van der Waals surface area contributed by atoms with Crippen LogP contribution in [0.5, 0.6) is 34.5 Å². The molecule has 0 radical (unpaired) electrons. The van der Waals surface area contributed by atoms with Gasteiger partial charge in [0.05, 0.1) is 32.1 Å². The van der Waals surface area contributed by atoms with Crippen molar-refractivity contribution in [1.82, 2.24) is 0 Å². The van der Waals surface area contributed by atoms with E-state index in [0.29, 0.717) is 13.0 Å². The topological polar surface area (TPSA) is 223 Å². The summed E-state index contributed by atoms with van der Waals surface area (Å²) in [5, 5.41) is 65.9. The molecule has 0 amide bonds. The van der Waals surface area contributed by atoms with E-state index in [2.05, 4.69) is 5.32 Å². The van der Waals surface area contributed by atoms with Gasteiger partial charge in [-0.1, -0.05) is 31.2 Å². The van der Waals surface area contributed by atoms with Crippen molar-refractivity contribution in [2.75, 3.05) is 39.3 Å². The van der Waals surface area contributed by atoms with Crippen LogP contribution in [0.4, 0.5) is 5.69 Å². The predicted molar refractivity (Wildman–Crippen MR) is 173 cm³/mol. The number of aryl methyl sites for hydroxylation is 1. The average Bonchev–Trinajstić information content (AvgIpc) is 3.09. The number of hydrogen-bond donors (Lipinski definition) is 7. The van der Waals surface area contributed by atoms with Crippen LogP contribution in [0.3, 0.4) is 0 Å². The number of nitrogens with one attached hydrogen (secondary N) is 1. The minimum atomic E-state index is -1.82. The van der Waals surface area contributed by atoms with Crippen LogP contribution in [0.25, 0.3) is 0 Å². The Morgan fingerprint density at radius 2 is 1.55 bits per heavy atom. The fourth-order valence-electron chi connectivity index (χ4n) is 5.18. The number of esters is 1. The number of methoxy groups -OCH3 is 2. The number of ether oxygens (including phenoxy) is 6. The summed E-state index contributed by atoms with van der Waals surface area (Å²) in [5.41, 5.74) is 1.74. The minimum Gasteiger partial charge on any atom is -0.504 e. The van der Waals surface area contributed by atoms with Crippen molar-refractivity contribution in [2.24, 2.45) is 0 Å². The van der Waals surface area contributed by atoms with Gasteiger partial charge in [-0.3, -0.25) is 0 Å². The zero-order valence-corrected chi connectivity index (χ0v) is 27.4. The number of aliphatic hydroxyl groups is 3. The molecule has 3 aromatic carbocycles. The van der Waals surface area contributed by atoms with Gasteiger partial charge in [-0.05, 0) is 24.5 Å². The van der Waals surface area contributed by atoms with E-state index in [4.69, 9.17) is 28.4 Å². The number of aromatic carboxylic acids is 1. The second-order valence-electron chi connectivity index (χ2n) is 11.0. The monoisotopic (exact) mass is 687 g/mol. The van der Waals surface area contributed by atoms with Crippen molar-refractivity contribution >= 4 is 17.6 Å². The number of benzene rings is 3. The van der Waals surface area contributed by atoms with Crippen LogP contribution >= 0.6 is 0 Å². The van der Waals surface area contributed by atoms with Crippen molar-refractivity contribution in [2.45, 2.75) is 57.4 Å². The van der Waals surface area contributed by atoms with Crippen molar-refractivity contribution in [3.05, 3.63) is 64.7 Å². The van der Waals surface area contributed by atoms with E-state index in [1.54, 1.807) is 6.92 Å². The summed E-state index contributed by atoms with van der Waals surface area (Å²) in [6.07, 6.45) is -7.15. The van der Waals surface area contributed by atoms with Gasteiger partial charge in [0.1, 0.15) is 36.6 Å². The van der Waals surface area contributed by atoms with E-state index in [-0.39, 0.29) is 35.1 Å². The zero-order valence-electron chi connectivity index (χ0n) is 27.4. The maximum atomic E-state index is 13.2. The van der Waals surface area contributed by atoms with Crippen molar-refractivity contribution in [1.29, 1.82) is 0 Å². The van der Waals surface area contributed by atoms with Crippen molar-refractivity contribution < 1.29 is 68.6 Å². The van der Waals surface area contributed by atoms with Crippen LogP contribution in [0, 0.1) is 0 Å². The van der Waals surface area contributed by atoms with Gasteiger partial charge in [-0.2, -0.15) is 0 Å². The summed E-state index contributed by atoms with van der Waals surface area (Å²) in [6.45, 7) is 3.51. The first-order chi connectivity index (χ1) is 23.4. The van der Waals surface area contributed by atoms with E-state index in [1.165, 1.54) is 26.4 Å². The van der Waals surface area contributed by atoms with Gasteiger partial charge in [-0.15, -0.1) is 0 Å². The van der Waals surface area contributed by atoms with E-state index < -0.39 is 72.1 Å². The molecule has 0 saturated carbocycles. The van der Waals surface area contributed by atoms with Crippen LogP contribution < -0.4 is 24.3 Å². The van der Waals surface area contributed by atoms with Gasteiger partial charge in [-0.25, -0.2) is 9.59 Å². The number of rotatable bonds is 15. The van der Waals surface area contributed by atoms with Crippen LogP contribution in [-0.4, -0.2) is 107 Å². The molecule has 3 aromatic rings. The zero-order chi connectivity index (χ0) is 35.8. The standard InChI is InChI=1S/C34H41NO14/c1-5-17-8-7-9-18(12-17)10-11-46-31-26(36)20(14-24(45-4)28(31)38)33(43)47-16-25-27(37)29(39)30(40)34(49-25)48-23-15-21(35-6-2)19(32(41)42)13-22(23)44-3/h7-9,12-15,25,27,29-30,34-40H,5-6,10-11,16H2,1-4H3,(H,41,42)/t25-,27-,29+,30-,34-/m1/s1. The number of hydrogen-bond acceptors (Lipinski definition) is 14. The number of phenols is 2. The molecule has 49 heavy (non-hydrogen) atoms. The quantitative estimate of drug-likeness (QED) is 0.114. The molecule has 1 fully saturated rings. The lowest BCUT2D eigenvalue weighted by atomic mass is 9.99. The number of phenolic OH excluding ortho intramolecular Hbond substituents is 2. The molecule has 7 N–H and O–H groups in total. The molecule has 1 heterocycles. The molecule has 0 aliphatic carbocycles. The largest absolute Gasteiger partial charge is 0.504 e.